The van der Waals surface area contributed by atoms with Crippen LogP contribution >= 0.6 is 0 Å². The Hall–Kier alpha value is -1.79. The van der Waals surface area contributed by atoms with Gasteiger partial charge in [-0.05, 0) is 26.2 Å². The summed E-state index contributed by atoms with van der Waals surface area (Å²) in [7, 11) is 0. The lowest BCUT2D eigenvalue weighted by Gasteiger charge is -2.29. The number of nitrogens with one attached hydrogen (secondary N) is 2. The standard InChI is InChI=1S/C12H21N3O4/c1-9(11(18)15-7-3-2-4-8-15)14-12(19)13-6-5-10(16)17/h9H,2-8H2,1H3,(H,16,17)(H2,13,14,19). The number of hydrogen-bond donors (Lipinski definition) is 3. The molecule has 0 saturated carbocycles. The van der Waals surface area contributed by atoms with Gasteiger partial charge < -0.3 is 20.6 Å². The first kappa shape index (κ1) is 15.3. The maximum Gasteiger partial charge on any atom is 0.315 e. The summed E-state index contributed by atoms with van der Waals surface area (Å²) in [6, 6.07) is -1.11. The smallest absolute Gasteiger partial charge is 0.315 e. The van der Waals surface area contributed by atoms with Gasteiger partial charge in [0.25, 0.3) is 0 Å². The Bertz CT molecular complexity index is 340. The van der Waals surface area contributed by atoms with Crippen LogP contribution in [0.15, 0.2) is 0 Å². The highest BCUT2D eigenvalue weighted by Gasteiger charge is 2.23. The lowest BCUT2D eigenvalue weighted by atomic mass is 10.1. The van der Waals surface area contributed by atoms with Crippen LogP contribution in [0.3, 0.4) is 0 Å². The molecule has 7 nitrogen and oxygen atoms in total. The Labute approximate surface area is 112 Å². The van der Waals surface area contributed by atoms with Gasteiger partial charge in [0.1, 0.15) is 6.04 Å². The fourth-order valence-electron chi connectivity index (χ4n) is 1.98. The molecule has 1 saturated heterocycles. The summed E-state index contributed by atoms with van der Waals surface area (Å²) in [5.74, 6) is -1.06. The van der Waals surface area contributed by atoms with Crippen LogP contribution in [0.2, 0.25) is 0 Å². The number of aliphatic carboxylic acids is 1. The third-order valence-electron chi connectivity index (χ3n) is 3.01. The zero-order valence-electron chi connectivity index (χ0n) is 11.1. The van der Waals surface area contributed by atoms with Crippen molar-refractivity contribution in [3.8, 4) is 0 Å². The maximum absolute atomic E-state index is 12.0. The second-order valence-corrected chi connectivity index (χ2v) is 4.65. The van der Waals surface area contributed by atoms with Crippen molar-refractivity contribution >= 4 is 17.9 Å². The SMILES string of the molecule is CC(NC(=O)NCCC(=O)O)C(=O)N1CCCCC1. The number of carboxylic acids is 1. The van der Waals surface area contributed by atoms with Gasteiger partial charge in [0.2, 0.25) is 5.91 Å². The van der Waals surface area contributed by atoms with E-state index in [-0.39, 0.29) is 18.9 Å². The first-order chi connectivity index (χ1) is 9.00. The quantitative estimate of drug-likeness (QED) is 0.663. The predicted molar refractivity (Wildman–Crippen MR) is 68.7 cm³/mol. The molecule has 0 aromatic heterocycles. The molecular formula is C12H21N3O4. The Morgan fingerprint density at radius 2 is 1.84 bits per heavy atom. The van der Waals surface area contributed by atoms with Gasteiger partial charge in [0.05, 0.1) is 6.42 Å². The summed E-state index contributed by atoms with van der Waals surface area (Å²) in [6.45, 7) is 3.16. The molecule has 1 fully saturated rings. The summed E-state index contributed by atoms with van der Waals surface area (Å²) in [4.78, 5) is 35.5. The van der Waals surface area contributed by atoms with Gasteiger partial charge in [-0.1, -0.05) is 0 Å². The van der Waals surface area contributed by atoms with E-state index >= 15 is 0 Å². The summed E-state index contributed by atoms with van der Waals surface area (Å²) in [5, 5.41) is 13.4. The number of rotatable bonds is 5. The maximum atomic E-state index is 12.0. The van der Waals surface area contributed by atoms with Crippen LogP contribution in [0, 0.1) is 0 Å². The van der Waals surface area contributed by atoms with Crippen LogP contribution in [0.4, 0.5) is 4.79 Å². The van der Waals surface area contributed by atoms with Crippen molar-refractivity contribution in [2.75, 3.05) is 19.6 Å². The van der Waals surface area contributed by atoms with E-state index in [0.29, 0.717) is 0 Å². The van der Waals surface area contributed by atoms with Crippen molar-refractivity contribution in [2.24, 2.45) is 0 Å². The zero-order valence-corrected chi connectivity index (χ0v) is 11.1. The Balaban J connectivity index is 2.28. The monoisotopic (exact) mass is 271 g/mol. The number of nitrogens with zero attached hydrogens (tertiary/aromatic N) is 1. The average Bonchev–Trinajstić information content (AvgIpc) is 2.38. The van der Waals surface area contributed by atoms with Crippen molar-refractivity contribution in [3.63, 3.8) is 0 Å². The molecule has 108 valence electrons. The van der Waals surface area contributed by atoms with Crippen molar-refractivity contribution < 1.29 is 19.5 Å². The van der Waals surface area contributed by atoms with E-state index in [1.807, 2.05) is 0 Å². The number of carbonyl (C=O) groups is 3. The van der Waals surface area contributed by atoms with Gasteiger partial charge >= 0.3 is 12.0 Å². The van der Waals surface area contributed by atoms with Gasteiger partial charge in [-0.25, -0.2) is 4.79 Å². The van der Waals surface area contributed by atoms with Crippen LogP contribution < -0.4 is 10.6 Å². The summed E-state index contributed by atoms with van der Waals surface area (Å²) >= 11 is 0. The predicted octanol–water partition coefficient (Wildman–Crippen LogP) is 0.161. The normalized spacial score (nSPS) is 16.6. The topological polar surface area (TPSA) is 98.7 Å². The Kier molecular flexibility index (Phi) is 6.11. The van der Waals surface area contributed by atoms with E-state index in [0.717, 1.165) is 32.4 Å². The molecule has 1 unspecified atom stereocenters. The minimum absolute atomic E-state index is 0.0474. The molecule has 0 radical (unpaired) electrons. The van der Waals surface area contributed by atoms with Crippen LogP contribution in [0.1, 0.15) is 32.6 Å². The number of carboxylic acid groups (broad SMARTS) is 1. The van der Waals surface area contributed by atoms with E-state index in [2.05, 4.69) is 10.6 Å². The highest BCUT2D eigenvalue weighted by atomic mass is 16.4. The van der Waals surface area contributed by atoms with Gasteiger partial charge in [0.15, 0.2) is 0 Å². The summed E-state index contributed by atoms with van der Waals surface area (Å²) < 4.78 is 0. The van der Waals surface area contributed by atoms with Crippen LogP contribution in [0.25, 0.3) is 0 Å². The highest BCUT2D eigenvalue weighted by Crippen LogP contribution is 2.09. The molecular weight excluding hydrogens is 250 g/mol. The van der Waals surface area contributed by atoms with Gasteiger partial charge in [-0.2, -0.15) is 0 Å². The van der Waals surface area contributed by atoms with E-state index in [1.165, 1.54) is 0 Å². The molecule has 0 aromatic carbocycles. The van der Waals surface area contributed by atoms with Crippen LogP contribution in [-0.2, 0) is 9.59 Å². The van der Waals surface area contributed by atoms with Gasteiger partial charge in [-0.3, -0.25) is 9.59 Å². The van der Waals surface area contributed by atoms with Crippen LogP contribution in [-0.4, -0.2) is 53.6 Å². The molecule has 0 bridgehead atoms. The molecule has 0 aromatic rings. The highest BCUT2D eigenvalue weighted by molar-refractivity contribution is 5.86. The molecule has 7 heteroatoms. The largest absolute Gasteiger partial charge is 0.481 e. The molecule has 0 spiro atoms. The van der Waals surface area contributed by atoms with Gasteiger partial charge in [0, 0.05) is 19.6 Å². The lowest BCUT2D eigenvalue weighted by Crippen LogP contribution is -2.51. The molecule has 0 aliphatic carbocycles. The van der Waals surface area contributed by atoms with E-state index < -0.39 is 18.0 Å². The number of amides is 3. The fraction of sp³-hybridized carbons (Fsp3) is 0.750. The number of hydrogen-bond acceptors (Lipinski definition) is 3. The fourth-order valence-corrected chi connectivity index (χ4v) is 1.98. The molecule has 3 N–H and O–H groups in total. The molecule has 1 aliphatic heterocycles. The van der Waals surface area contributed by atoms with E-state index in [1.54, 1.807) is 11.8 Å². The Morgan fingerprint density at radius 3 is 2.42 bits per heavy atom. The minimum Gasteiger partial charge on any atom is -0.481 e. The molecule has 3 amide bonds. The minimum atomic E-state index is -0.974. The second-order valence-electron chi connectivity index (χ2n) is 4.65. The number of urea groups is 1. The second kappa shape index (κ2) is 7.60. The third kappa shape index (κ3) is 5.58. The molecule has 19 heavy (non-hydrogen) atoms. The lowest BCUT2D eigenvalue weighted by molar-refractivity contribution is -0.137. The van der Waals surface area contributed by atoms with Gasteiger partial charge in [-0.15, -0.1) is 0 Å². The third-order valence-corrected chi connectivity index (χ3v) is 3.01. The van der Waals surface area contributed by atoms with Crippen molar-refractivity contribution in [2.45, 2.75) is 38.6 Å². The van der Waals surface area contributed by atoms with E-state index in [4.69, 9.17) is 5.11 Å². The first-order valence-electron chi connectivity index (χ1n) is 6.55. The molecule has 1 heterocycles. The number of carbonyl (C=O) groups excluding carboxylic acids is 2. The number of likely N-dealkylation sites (tertiary alicyclic amines) is 1. The van der Waals surface area contributed by atoms with Crippen molar-refractivity contribution in [3.05, 3.63) is 0 Å². The summed E-state index contributed by atoms with van der Waals surface area (Å²) in [5.41, 5.74) is 0. The van der Waals surface area contributed by atoms with Crippen molar-refractivity contribution in [1.82, 2.24) is 15.5 Å². The average molecular weight is 271 g/mol. The molecule has 1 rings (SSSR count). The number of piperidine rings is 1. The zero-order chi connectivity index (χ0) is 14.3. The van der Waals surface area contributed by atoms with Crippen LogP contribution in [0.5, 0.6) is 0 Å². The Morgan fingerprint density at radius 1 is 1.21 bits per heavy atom. The van der Waals surface area contributed by atoms with Crippen molar-refractivity contribution in [1.29, 1.82) is 0 Å². The molecule has 1 aliphatic rings. The molecule has 1 atom stereocenters. The first-order valence-corrected chi connectivity index (χ1v) is 6.55. The van der Waals surface area contributed by atoms with E-state index in [9.17, 15) is 14.4 Å². The summed E-state index contributed by atoms with van der Waals surface area (Å²) in [6.07, 6.45) is 3.01.